The number of hydrogen-bond acceptors (Lipinski definition) is 2. The third kappa shape index (κ3) is 4.47. The average Bonchev–Trinajstić information content (AvgIpc) is 2.67. The molecule has 0 saturated heterocycles. The number of rotatable bonds is 3. The van der Waals surface area contributed by atoms with Crippen LogP contribution >= 0.6 is 0 Å². The van der Waals surface area contributed by atoms with Crippen molar-refractivity contribution in [2.75, 3.05) is 0 Å². The van der Waals surface area contributed by atoms with Gasteiger partial charge in [-0.25, -0.2) is 8.42 Å². The van der Waals surface area contributed by atoms with Crippen LogP contribution in [0.5, 0.6) is 0 Å². The maximum atomic E-state index is 12.7. The summed E-state index contributed by atoms with van der Waals surface area (Å²) in [7, 11) is -3.58. The minimum Gasteiger partial charge on any atom is -0.219 e. The smallest absolute Gasteiger partial charge is 0.201 e. The SMILES string of the molecule is O=S(=O)(/C=C(\C#Cc1ccccc1)c1ccccc1)c1ccccc1. The third-order valence-corrected chi connectivity index (χ3v) is 5.02. The summed E-state index contributed by atoms with van der Waals surface area (Å²) in [5, 5.41) is 1.24. The summed E-state index contributed by atoms with van der Waals surface area (Å²) in [5.74, 6) is 6.04. The highest BCUT2D eigenvalue weighted by Gasteiger charge is 2.12. The predicted molar refractivity (Wildman–Crippen MR) is 101 cm³/mol. The van der Waals surface area contributed by atoms with Crippen LogP contribution < -0.4 is 0 Å². The standard InChI is InChI=1S/C22H16O2S/c23-25(24,22-14-8-3-9-15-22)18-21(20-12-6-2-7-13-20)17-16-19-10-4-1-5-11-19/h1-15,18H/b21-18+. The van der Waals surface area contributed by atoms with Gasteiger partial charge in [0, 0.05) is 11.1 Å². The lowest BCUT2D eigenvalue weighted by atomic mass is 10.1. The van der Waals surface area contributed by atoms with E-state index in [0.29, 0.717) is 5.57 Å². The molecule has 25 heavy (non-hydrogen) atoms. The zero-order chi connectivity index (χ0) is 17.5. The second-order valence-corrected chi connectivity index (χ2v) is 7.17. The highest BCUT2D eigenvalue weighted by molar-refractivity contribution is 7.94. The van der Waals surface area contributed by atoms with E-state index in [-0.39, 0.29) is 4.90 Å². The van der Waals surface area contributed by atoms with E-state index in [1.165, 1.54) is 5.41 Å². The van der Waals surface area contributed by atoms with Crippen LogP contribution in [0.3, 0.4) is 0 Å². The Morgan fingerprint density at radius 2 is 1.24 bits per heavy atom. The van der Waals surface area contributed by atoms with Crippen LogP contribution in [0.25, 0.3) is 5.57 Å². The number of benzene rings is 3. The van der Waals surface area contributed by atoms with Crippen molar-refractivity contribution in [2.24, 2.45) is 0 Å². The Morgan fingerprint density at radius 1 is 0.720 bits per heavy atom. The Kier molecular flexibility index (Phi) is 5.13. The summed E-state index contributed by atoms with van der Waals surface area (Å²) in [6.07, 6.45) is 0. The maximum Gasteiger partial charge on any atom is 0.201 e. The Morgan fingerprint density at radius 3 is 1.84 bits per heavy atom. The van der Waals surface area contributed by atoms with Crippen molar-refractivity contribution >= 4 is 15.4 Å². The van der Waals surface area contributed by atoms with Crippen LogP contribution in [-0.2, 0) is 9.84 Å². The molecule has 3 aromatic rings. The fourth-order valence-electron chi connectivity index (χ4n) is 2.28. The third-order valence-electron chi connectivity index (χ3n) is 3.54. The Hall–Kier alpha value is -3.09. The first-order valence-electron chi connectivity index (χ1n) is 7.79. The summed E-state index contributed by atoms with van der Waals surface area (Å²) >= 11 is 0. The van der Waals surface area contributed by atoms with Gasteiger partial charge in [-0.3, -0.25) is 0 Å². The van der Waals surface area contributed by atoms with Gasteiger partial charge in [-0.2, -0.15) is 0 Å². The Labute approximate surface area is 148 Å². The van der Waals surface area contributed by atoms with Gasteiger partial charge in [0.2, 0.25) is 9.84 Å². The van der Waals surface area contributed by atoms with E-state index >= 15 is 0 Å². The van der Waals surface area contributed by atoms with E-state index in [4.69, 9.17) is 0 Å². The molecule has 2 nitrogen and oxygen atoms in total. The Balaban J connectivity index is 2.08. The fraction of sp³-hybridized carbons (Fsp3) is 0. The van der Waals surface area contributed by atoms with Crippen LogP contribution in [0.4, 0.5) is 0 Å². The van der Waals surface area contributed by atoms with Crippen LogP contribution in [-0.4, -0.2) is 8.42 Å². The molecule has 0 N–H and O–H groups in total. The summed E-state index contributed by atoms with van der Waals surface area (Å²) in [4.78, 5) is 0.255. The first-order valence-corrected chi connectivity index (χ1v) is 9.34. The minimum atomic E-state index is -3.58. The minimum absolute atomic E-state index is 0.255. The van der Waals surface area contributed by atoms with Crippen molar-refractivity contribution < 1.29 is 8.42 Å². The second kappa shape index (κ2) is 7.65. The molecule has 122 valence electrons. The molecule has 3 rings (SSSR count). The molecule has 0 unspecified atom stereocenters. The molecular weight excluding hydrogens is 328 g/mol. The van der Waals surface area contributed by atoms with Gasteiger partial charge >= 0.3 is 0 Å². The van der Waals surface area contributed by atoms with Gasteiger partial charge in [0.25, 0.3) is 0 Å². The van der Waals surface area contributed by atoms with E-state index in [2.05, 4.69) is 11.8 Å². The topological polar surface area (TPSA) is 34.1 Å². The molecule has 0 atom stereocenters. The highest BCUT2D eigenvalue weighted by Crippen LogP contribution is 2.19. The van der Waals surface area contributed by atoms with E-state index < -0.39 is 9.84 Å². The molecule has 0 bridgehead atoms. The van der Waals surface area contributed by atoms with Gasteiger partial charge in [-0.15, -0.1) is 0 Å². The molecule has 0 aliphatic carbocycles. The molecule has 0 amide bonds. The molecule has 3 aromatic carbocycles. The fourth-order valence-corrected chi connectivity index (χ4v) is 3.46. The lowest BCUT2D eigenvalue weighted by Crippen LogP contribution is -1.97. The highest BCUT2D eigenvalue weighted by atomic mass is 32.2. The lowest BCUT2D eigenvalue weighted by Gasteiger charge is -2.03. The molecule has 0 spiro atoms. The number of hydrogen-bond donors (Lipinski definition) is 0. The van der Waals surface area contributed by atoms with E-state index in [0.717, 1.165) is 11.1 Å². The first kappa shape index (κ1) is 16.8. The molecule has 3 heteroatoms. The van der Waals surface area contributed by atoms with E-state index in [1.807, 2.05) is 60.7 Å². The largest absolute Gasteiger partial charge is 0.219 e. The summed E-state index contributed by atoms with van der Waals surface area (Å²) in [5.41, 5.74) is 2.07. The molecule has 0 heterocycles. The number of allylic oxidation sites excluding steroid dienone is 1. The predicted octanol–water partition coefficient (Wildman–Crippen LogP) is 4.55. The van der Waals surface area contributed by atoms with Gasteiger partial charge in [0.05, 0.1) is 10.3 Å². The van der Waals surface area contributed by atoms with Gasteiger partial charge in [0.1, 0.15) is 0 Å². The molecule has 0 aliphatic rings. The molecule has 0 saturated carbocycles. The quantitative estimate of drug-likeness (QED) is 0.653. The van der Waals surface area contributed by atoms with Crippen LogP contribution in [0.1, 0.15) is 11.1 Å². The maximum absolute atomic E-state index is 12.7. The van der Waals surface area contributed by atoms with Crippen LogP contribution in [0.15, 0.2) is 101 Å². The zero-order valence-corrected chi connectivity index (χ0v) is 14.3. The van der Waals surface area contributed by atoms with Crippen molar-refractivity contribution in [3.8, 4) is 11.8 Å². The van der Waals surface area contributed by atoms with Gasteiger partial charge in [0.15, 0.2) is 0 Å². The Bertz CT molecular complexity index is 1020. The van der Waals surface area contributed by atoms with Crippen molar-refractivity contribution in [1.29, 1.82) is 0 Å². The van der Waals surface area contributed by atoms with Crippen molar-refractivity contribution in [1.82, 2.24) is 0 Å². The monoisotopic (exact) mass is 344 g/mol. The molecule has 0 radical (unpaired) electrons. The van der Waals surface area contributed by atoms with Gasteiger partial charge in [-0.05, 0) is 29.8 Å². The number of sulfone groups is 1. The summed E-state index contributed by atoms with van der Waals surface area (Å²) in [6.45, 7) is 0. The van der Waals surface area contributed by atoms with Gasteiger partial charge in [-0.1, -0.05) is 78.6 Å². The molecule has 0 aromatic heterocycles. The average molecular weight is 344 g/mol. The van der Waals surface area contributed by atoms with Crippen LogP contribution in [0, 0.1) is 11.8 Å². The molecular formula is C22H16O2S. The first-order chi connectivity index (χ1) is 12.1. The lowest BCUT2D eigenvalue weighted by molar-refractivity contribution is 0.605. The van der Waals surface area contributed by atoms with Gasteiger partial charge < -0.3 is 0 Å². The summed E-state index contributed by atoms with van der Waals surface area (Å²) < 4.78 is 25.4. The molecule has 0 aliphatic heterocycles. The normalized spacial score (nSPS) is 11.4. The van der Waals surface area contributed by atoms with Crippen molar-refractivity contribution in [3.05, 3.63) is 108 Å². The van der Waals surface area contributed by atoms with Crippen molar-refractivity contribution in [2.45, 2.75) is 4.90 Å². The molecule has 0 fully saturated rings. The second-order valence-electron chi connectivity index (χ2n) is 5.37. The zero-order valence-electron chi connectivity index (χ0n) is 13.5. The van der Waals surface area contributed by atoms with E-state index in [1.54, 1.807) is 30.3 Å². The van der Waals surface area contributed by atoms with Crippen LogP contribution in [0.2, 0.25) is 0 Å². The van der Waals surface area contributed by atoms with Crippen molar-refractivity contribution in [3.63, 3.8) is 0 Å². The summed E-state index contributed by atoms with van der Waals surface area (Å²) in [6, 6.07) is 27.2. The van der Waals surface area contributed by atoms with E-state index in [9.17, 15) is 8.42 Å².